The van der Waals surface area contributed by atoms with E-state index in [1.165, 1.54) is 0 Å². The van der Waals surface area contributed by atoms with Gasteiger partial charge in [0.05, 0.1) is 12.6 Å². The van der Waals surface area contributed by atoms with Crippen LogP contribution < -0.4 is 4.74 Å². The Labute approximate surface area is 84.4 Å². The lowest BCUT2D eigenvalue weighted by molar-refractivity contribution is 0.382. The third kappa shape index (κ3) is 1.31. The average molecular weight is 241 g/mol. The van der Waals surface area contributed by atoms with Crippen molar-refractivity contribution < 1.29 is 4.74 Å². The highest BCUT2D eigenvalue weighted by Crippen LogP contribution is 2.21. The fourth-order valence-electron chi connectivity index (χ4n) is 1.34. The molecule has 0 aromatic carbocycles. The minimum absolute atomic E-state index is 0.781. The van der Waals surface area contributed by atoms with Crippen molar-refractivity contribution in [2.75, 3.05) is 7.11 Å². The van der Waals surface area contributed by atoms with Crippen molar-refractivity contribution in [3.8, 4) is 5.88 Å². The second kappa shape index (κ2) is 3.03. The lowest BCUT2D eigenvalue weighted by Crippen LogP contribution is -1.97. The molecule has 0 saturated heterocycles. The van der Waals surface area contributed by atoms with Crippen LogP contribution in [-0.2, 0) is 0 Å². The quantitative estimate of drug-likeness (QED) is 0.766. The molecule has 0 aliphatic heterocycles. The van der Waals surface area contributed by atoms with E-state index in [0.29, 0.717) is 0 Å². The Morgan fingerprint density at radius 2 is 2.23 bits per heavy atom. The summed E-state index contributed by atoms with van der Waals surface area (Å²) in [4.78, 5) is 0. The van der Waals surface area contributed by atoms with Crippen LogP contribution in [0.5, 0.6) is 5.88 Å². The number of methoxy groups -OCH3 is 1. The predicted octanol–water partition coefficient (Wildman–Crippen LogP) is 2.41. The summed E-state index contributed by atoms with van der Waals surface area (Å²) in [5.41, 5.74) is 2.10. The van der Waals surface area contributed by atoms with E-state index in [-0.39, 0.29) is 0 Å². The number of fused-ring (bicyclic) bond motifs is 1. The molecule has 2 rings (SSSR count). The Bertz CT molecular complexity index is 450. The van der Waals surface area contributed by atoms with E-state index in [0.717, 1.165) is 21.6 Å². The molecule has 0 unspecified atom stereocenters. The van der Waals surface area contributed by atoms with Crippen LogP contribution in [-0.4, -0.2) is 16.7 Å². The van der Waals surface area contributed by atoms with E-state index < -0.39 is 0 Å². The zero-order chi connectivity index (χ0) is 9.42. The van der Waals surface area contributed by atoms with Crippen LogP contribution >= 0.6 is 15.9 Å². The molecule has 2 heterocycles. The Morgan fingerprint density at radius 1 is 1.46 bits per heavy atom. The minimum atomic E-state index is 0.781. The first-order valence-electron chi connectivity index (χ1n) is 3.91. The monoisotopic (exact) mass is 240 g/mol. The van der Waals surface area contributed by atoms with E-state index in [1.807, 2.05) is 25.1 Å². The first-order chi connectivity index (χ1) is 6.22. The molecule has 0 aliphatic rings. The van der Waals surface area contributed by atoms with Gasteiger partial charge in [0.2, 0.25) is 5.88 Å². The van der Waals surface area contributed by atoms with E-state index in [1.54, 1.807) is 11.6 Å². The molecule has 3 nitrogen and oxygen atoms in total. The van der Waals surface area contributed by atoms with Gasteiger partial charge in [0, 0.05) is 5.56 Å². The third-order valence-electron chi connectivity index (χ3n) is 1.93. The highest BCUT2D eigenvalue weighted by Gasteiger charge is 2.06. The standard InChI is InChI=1S/C9H9BrN2O/c1-6-3-4-7-5-8(10)11-12(7)9(6)13-2/h3-5H,1-2H3. The Hall–Kier alpha value is -1.03. The van der Waals surface area contributed by atoms with Gasteiger partial charge in [0.15, 0.2) is 0 Å². The van der Waals surface area contributed by atoms with Crippen molar-refractivity contribution >= 4 is 21.4 Å². The number of nitrogens with zero attached hydrogens (tertiary/aromatic N) is 2. The van der Waals surface area contributed by atoms with Gasteiger partial charge in [0.1, 0.15) is 4.60 Å². The lowest BCUT2D eigenvalue weighted by atomic mass is 10.3. The normalized spacial score (nSPS) is 10.7. The molecule has 0 bridgehead atoms. The maximum Gasteiger partial charge on any atom is 0.217 e. The van der Waals surface area contributed by atoms with Crippen LogP contribution in [0.3, 0.4) is 0 Å². The van der Waals surface area contributed by atoms with Gasteiger partial charge in [-0.3, -0.25) is 0 Å². The largest absolute Gasteiger partial charge is 0.481 e. The van der Waals surface area contributed by atoms with Crippen molar-refractivity contribution in [1.82, 2.24) is 9.61 Å². The molecule has 13 heavy (non-hydrogen) atoms. The first-order valence-corrected chi connectivity index (χ1v) is 4.70. The van der Waals surface area contributed by atoms with Crippen molar-refractivity contribution in [2.45, 2.75) is 6.92 Å². The Balaban J connectivity index is 2.82. The summed E-state index contributed by atoms with van der Waals surface area (Å²) >= 11 is 3.33. The lowest BCUT2D eigenvalue weighted by Gasteiger charge is -2.05. The molecule has 0 N–H and O–H groups in total. The molecule has 0 radical (unpaired) electrons. The molecule has 0 fully saturated rings. The van der Waals surface area contributed by atoms with Crippen LogP contribution in [0.15, 0.2) is 22.8 Å². The first kappa shape index (κ1) is 8.56. The van der Waals surface area contributed by atoms with Crippen molar-refractivity contribution in [3.63, 3.8) is 0 Å². The fraction of sp³-hybridized carbons (Fsp3) is 0.222. The summed E-state index contributed by atoms with van der Waals surface area (Å²) in [5, 5.41) is 4.25. The fourth-order valence-corrected chi connectivity index (χ4v) is 1.74. The van der Waals surface area contributed by atoms with E-state index in [9.17, 15) is 0 Å². The zero-order valence-corrected chi connectivity index (χ0v) is 9.00. The van der Waals surface area contributed by atoms with Gasteiger partial charge in [-0.2, -0.15) is 9.61 Å². The summed E-state index contributed by atoms with van der Waals surface area (Å²) < 4.78 is 7.84. The summed E-state index contributed by atoms with van der Waals surface area (Å²) in [7, 11) is 1.65. The number of rotatable bonds is 1. The number of halogens is 1. The van der Waals surface area contributed by atoms with Gasteiger partial charge in [-0.15, -0.1) is 0 Å². The molecule has 68 valence electrons. The molecule has 4 heteroatoms. The van der Waals surface area contributed by atoms with Gasteiger partial charge >= 0.3 is 0 Å². The molecule has 2 aromatic rings. The molecule has 0 spiro atoms. The van der Waals surface area contributed by atoms with E-state index in [2.05, 4.69) is 21.0 Å². The number of aryl methyl sites for hydroxylation is 1. The molecular weight excluding hydrogens is 232 g/mol. The van der Waals surface area contributed by atoms with Gasteiger partial charge in [-0.05, 0) is 35.0 Å². The molecule has 0 saturated carbocycles. The van der Waals surface area contributed by atoms with Crippen molar-refractivity contribution in [3.05, 3.63) is 28.4 Å². The zero-order valence-electron chi connectivity index (χ0n) is 7.41. The van der Waals surface area contributed by atoms with E-state index >= 15 is 0 Å². The van der Waals surface area contributed by atoms with Crippen LogP contribution in [0.4, 0.5) is 0 Å². The SMILES string of the molecule is COc1c(C)ccc2cc(Br)nn12. The summed E-state index contributed by atoms with van der Waals surface area (Å²) in [6.07, 6.45) is 0. The number of hydrogen-bond acceptors (Lipinski definition) is 2. The van der Waals surface area contributed by atoms with Crippen LogP contribution in [0.25, 0.3) is 5.52 Å². The highest BCUT2D eigenvalue weighted by molar-refractivity contribution is 9.10. The average Bonchev–Trinajstić information content (AvgIpc) is 2.45. The van der Waals surface area contributed by atoms with Gasteiger partial charge < -0.3 is 4.74 Å². The molecule has 0 amide bonds. The van der Waals surface area contributed by atoms with Crippen LogP contribution in [0, 0.1) is 6.92 Å². The van der Waals surface area contributed by atoms with E-state index in [4.69, 9.17) is 4.74 Å². The number of pyridine rings is 1. The number of aromatic nitrogens is 2. The maximum absolute atomic E-state index is 5.25. The predicted molar refractivity (Wildman–Crippen MR) is 54.2 cm³/mol. The molecule has 2 aromatic heterocycles. The van der Waals surface area contributed by atoms with Gasteiger partial charge in [-0.25, -0.2) is 0 Å². The summed E-state index contributed by atoms with van der Waals surface area (Å²) in [6, 6.07) is 5.97. The van der Waals surface area contributed by atoms with Crippen molar-refractivity contribution in [2.24, 2.45) is 0 Å². The topological polar surface area (TPSA) is 26.5 Å². The highest BCUT2D eigenvalue weighted by atomic mass is 79.9. The second-order valence-corrected chi connectivity index (χ2v) is 3.64. The maximum atomic E-state index is 5.25. The van der Waals surface area contributed by atoms with Crippen LogP contribution in [0.2, 0.25) is 0 Å². The summed E-state index contributed by atoms with van der Waals surface area (Å²) in [6.45, 7) is 1.99. The molecule has 0 atom stereocenters. The minimum Gasteiger partial charge on any atom is -0.481 e. The molecule has 0 aliphatic carbocycles. The number of hydrogen-bond donors (Lipinski definition) is 0. The smallest absolute Gasteiger partial charge is 0.217 e. The van der Waals surface area contributed by atoms with Crippen LogP contribution in [0.1, 0.15) is 5.56 Å². The third-order valence-corrected chi connectivity index (χ3v) is 2.32. The Morgan fingerprint density at radius 3 is 2.92 bits per heavy atom. The van der Waals surface area contributed by atoms with Gasteiger partial charge in [0.25, 0.3) is 0 Å². The van der Waals surface area contributed by atoms with Gasteiger partial charge in [-0.1, -0.05) is 6.07 Å². The summed E-state index contributed by atoms with van der Waals surface area (Å²) in [5.74, 6) is 0.781. The second-order valence-electron chi connectivity index (χ2n) is 2.83. The molecular formula is C9H9BrN2O. The van der Waals surface area contributed by atoms with Crippen molar-refractivity contribution in [1.29, 1.82) is 0 Å². The Kier molecular flexibility index (Phi) is 2.00. The number of ether oxygens (including phenoxy) is 1.